The molecule has 0 spiro atoms. The standard InChI is InChI=1S/C16H27N3OS/c1-5-17-15(19-16(2,3)4)18-11-12-21(20)13-14-9-7-6-8-10-14/h6-10H,5,11-13H2,1-4H3,(H2,17,18,19). The van der Waals surface area contributed by atoms with Gasteiger partial charge in [-0.2, -0.15) is 0 Å². The molecule has 21 heavy (non-hydrogen) atoms. The van der Waals surface area contributed by atoms with E-state index in [9.17, 15) is 4.21 Å². The number of benzene rings is 1. The van der Waals surface area contributed by atoms with E-state index in [-0.39, 0.29) is 5.54 Å². The Balaban J connectivity index is 2.44. The van der Waals surface area contributed by atoms with Crippen LogP contribution in [-0.2, 0) is 16.6 Å². The van der Waals surface area contributed by atoms with Crippen molar-refractivity contribution in [3.05, 3.63) is 35.9 Å². The summed E-state index contributed by atoms with van der Waals surface area (Å²) in [5.41, 5.74) is 1.07. The molecule has 0 aromatic heterocycles. The summed E-state index contributed by atoms with van der Waals surface area (Å²) < 4.78 is 12.0. The summed E-state index contributed by atoms with van der Waals surface area (Å²) in [5, 5.41) is 6.52. The molecule has 0 aliphatic heterocycles. The second-order valence-electron chi connectivity index (χ2n) is 5.91. The molecule has 1 atom stereocenters. The molecule has 1 aromatic rings. The maximum Gasteiger partial charge on any atom is 0.191 e. The van der Waals surface area contributed by atoms with E-state index in [0.717, 1.165) is 18.1 Å². The van der Waals surface area contributed by atoms with Gasteiger partial charge in [-0.25, -0.2) is 0 Å². The van der Waals surface area contributed by atoms with Gasteiger partial charge < -0.3 is 10.6 Å². The number of guanidine groups is 1. The zero-order valence-electron chi connectivity index (χ0n) is 13.5. The Morgan fingerprint density at radius 1 is 1.24 bits per heavy atom. The molecular formula is C16H27N3OS. The fraction of sp³-hybridized carbons (Fsp3) is 0.562. The largest absolute Gasteiger partial charge is 0.357 e. The van der Waals surface area contributed by atoms with Crippen molar-refractivity contribution in [1.29, 1.82) is 0 Å². The lowest BCUT2D eigenvalue weighted by Gasteiger charge is -2.23. The number of hydrogen-bond donors (Lipinski definition) is 2. The number of nitrogens with zero attached hydrogens (tertiary/aromatic N) is 1. The minimum atomic E-state index is -0.877. The smallest absolute Gasteiger partial charge is 0.191 e. The molecule has 4 nitrogen and oxygen atoms in total. The summed E-state index contributed by atoms with van der Waals surface area (Å²) in [7, 11) is -0.877. The summed E-state index contributed by atoms with van der Waals surface area (Å²) >= 11 is 0. The highest BCUT2D eigenvalue weighted by Crippen LogP contribution is 2.03. The van der Waals surface area contributed by atoms with Gasteiger partial charge in [0.25, 0.3) is 0 Å². The molecule has 2 N–H and O–H groups in total. The first-order chi connectivity index (χ1) is 9.90. The van der Waals surface area contributed by atoms with Crippen LogP contribution in [0.25, 0.3) is 0 Å². The van der Waals surface area contributed by atoms with Crippen LogP contribution in [0, 0.1) is 0 Å². The van der Waals surface area contributed by atoms with Crippen LogP contribution >= 0.6 is 0 Å². The summed E-state index contributed by atoms with van der Waals surface area (Å²) in [4.78, 5) is 4.48. The molecule has 0 heterocycles. The highest BCUT2D eigenvalue weighted by atomic mass is 32.2. The molecule has 118 valence electrons. The van der Waals surface area contributed by atoms with Gasteiger partial charge >= 0.3 is 0 Å². The average Bonchev–Trinajstić information content (AvgIpc) is 2.38. The minimum absolute atomic E-state index is 0.0375. The first-order valence-corrected chi connectivity index (χ1v) is 8.85. The van der Waals surface area contributed by atoms with Crippen molar-refractivity contribution in [3.63, 3.8) is 0 Å². The van der Waals surface area contributed by atoms with Gasteiger partial charge in [0.05, 0.1) is 6.54 Å². The maximum absolute atomic E-state index is 12.0. The van der Waals surface area contributed by atoms with Crippen LogP contribution in [-0.4, -0.2) is 34.5 Å². The van der Waals surface area contributed by atoms with Gasteiger partial charge in [0, 0.05) is 34.4 Å². The molecule has 1 unspecified atom stereocenters. The maximum atomic E-state index is 12.0. The number of rotatable bonds is 6. The van der Waals surface area contributed by atoms with Gasteiger partial charge in [0.15, 0.2) is 5.96 Å². The van der Waals surface area contributed by atoms with Crippen LogP contribution in [0.5, 0.6) is 0 Å². The van der Waals surface area contributed by atoms with Crippen LogP contribution in [0.1, 0.15) is 33.3 Å². The Labute approximate surface area is 130 Å². The first kappa shape index (κ1) is 17.7. The van der Waals surface area contributed by atoms with Crippen LogP contribution in [0.2, 0.25) is 0 Å². The van der Waals surface area contributed by atoms with Gasteiger partial charge in [-0.3, -0.25) is 9.20 Å². The van der Waals surface area contributed by atoms with Gasteiger partial charge in [-0.1, -0.05) is 30.3 Å². The summed E-state index contributed by atoms with van der Waals surface area (Å²) in [6, 6.07) is 9.93. The minimum Gasteiger partial charge on any atom is -0.357 e. The molecule has 5 heteroatoms. The molecule has 0 bridgehead atoms. The van der Waals surface area contributed by atoms with Gasteiger partial charge in [0.2, 0.25) is 0 Å². The van der Waals surface area contributed by atoms with Crippen molar-refractivity contribution in [3.8, 4) is 0 Å². The summed E-state index contributed by atoms with van der Waals surface area (Å²) in [6.07, 6.45) is 0. The third-order valence-corrected chi connectivity index (χ3v) is 3.89. The summed E-state index contributed by atoms with van der Waals surface area (Å²) in [5.74, 6) is 1.96. The first-order valence-electron chi connectivity index (χ1n) is 7.36. The molecule has 0 radical (unpaired) electrons. The van der Waals surface area contributed by atoms with Gasteiger partial charge in [0.1, 0.15) is 0 Å². The Kier molecular flexibility index (Phi) is 7.43. The van der Waals surface area contributed by atoms with Crippen molar-refractivity contribution in [1.82, 2.24) is 10.6 Å². The van der Waals surface area contributed by atoms with Crippen LogP contribution < -0.4 is 10.6 Å². The third-order valence-electron chi connectivity index (χ3n) is 2.60. The van der Waals surface area contributed by atoms with E-state index < -0.39 is 10.8 Å². The number of nitrogens with one attached hydrogen (secondary N) is 2. The molecule has 0 saturated heterocycles. The third kappa shape index (κ3) is 8.50. The Bertz CT molecular complexity index is 466. The SMILES string of the molecule is CCNC(=NCCS(=O)Cc1ccccc1)NC(C)(C)C. The fourth-order valence-corrected chi connectivity index (χ4v) is 2.76. The molecule has 1 rings (SSSR count). The summed E-state index contributed by atoms with van der Waals surface area (Å²) in [6.45, 7) is 9.68. The number of hydrogen-bond acceptors (Lipinski definition) is 2. The lowest BCUT2D eigenvalue weighted by Crippen LogP contribution is -2.47. The van der Waals surface area contributed by atoms with E-state index in [1.54, 1.807) is 0 Å². The van der Waals surface area contributed by atoms with Crippen LogP contribution in [0.3, 0.4) is 0 Å². The average molecular weight is 309 g/mol. The molecule has 0 aliphatic rings. The van der Waals surface area contributed by atoms with Gasteiger partial charge in [-0.05, 0) is 33.3 Å². The van der Waals surface area contributed by atoms with Crippen molar-refractivity contribution in [2.75, 3.05) is 18.8 Å². The number of aliphatic imine (C=N–C) groups is 1. The molecular weight excluding hydrogens is 282 g/mol. The monoisotopic (exact) mass is 309 g/mol. The lowest BCUT2D eigenvalue weighted by atomic mass is 10.1. The van der Waals surface area contributed by atoms with E-state index in [2.05, 4.69) is 36.4 Å². The highest BCUT2D eigenvalue weighted by molar-refractivity contribution is 7.84. The lowest BCUT2D eigenvalue weighted by molar-refractivity contribution is 0.502. The van der Waals surface area contributed by atoms with E-state index in [1.807, 2.05) is 37.3 Å². The molecule has 0 saturated carbocycles. The Morgan fingerprint density at radius 3 is 2.48 bits per heavy atom. The van der Waals surface area contributed by atoms with Crippen molar-refractivity contribution in [2.24, 2.45) is 4.99 Å². The zero-order valence-corrected chi connectivity index (χ0v) is 14.3. The van der Waals surface area contributed by atoms with Crippen LogP contribution in [0.4, 0.5) is 0 Å². The van der Waals surface area contributed by atoms with Crippen LogP contribution in [0.15, 0.2) is 35.3 Å². The quantitative estimate of drug-likeness (QED) is 0.626. The predicted molar refractivity (Wildman–Crippen MR) is 92.0 cm³/mol. The second kappa shape index (κ2) is 8.82. The van der Waals surface area contributed by atoms with Crippen molar-refractivity contribution in [2.45, 2.75) is 39.0 Å². The molecule has 0 amide bonds. The molecule has 1 aromatic carbocycles. The Morgan fingerprint density at radius 2 is 1.90 bits per heavy atom. The van der Waals surface area contributed by atoms with Gasteiger partial charge in [-0.15, -0.1) is 0 Å². The molecule has 0 aliphatic carbocycles. The Hall–Kier alpha value is -1.36. The van der Waals surface area contributed by atoms with E-state index in [0.29, 0.717) is 18.1 Å². The highest BCUT2D eigenvalue weighted by Gasteiger charge is 2.11. The molecule has 0 fully saturated rings. The topological polar surface area (TPSA) is 53.5 Å². The fourth-order valence-electron chi connectivity index (χ4n) is 1.75. The second-order valence-corrected chi connectivity index (χ2v) is 7.49. The normalized spacial score (nSPS) is 13.8. The van der Waals surface area contributed by atoms with E-state index >= 15 is 0 Å². The zero-order chi connectivity index (χ0) is 15.7. The van der Waals surface area contributed by atoms with E-state index in [1.165, 1.54) is 0 Å². The predicted octanol–water partition coefficient (Wildman–Crippen LogP) is 2.29. The van der Waals surface area contributed by atoms with E-state index in [4.69, 9.17) is 0 Å². The van der Waals surface area contributed by atoms with Crippen molar-refractivity contribution < 1.29 is 4.21 Å². The van der Waals surface area contributed by atoms with Crippen molar-refractivity contribution >= 4 is 16.8 Å².